The van der Waals surface area contributed by atoms with E-state index in [4.69, 9.17) is 10.8 Å². The minimum Gasteiger partial charge on any atom is -0.393 e. The van der Waals surface area contributed by atoms with E-state index in [0.29, 0.717) is 0 Å². The summed E-state index contributed by atoms with van der Waals surface area (Å²) in [6, 6.07) is 0. The number of nitrogens with two attached hydrogens (primary N) is 1. The molecule has 0 rings (SSSR count). The molecule has 2 nitrogen and oxygen atoms in total. The Labute approximate surface area is 58.1 Å². The molecule has 0 spiro atoms. The number of aliphatic hydroxyl groups is 1. The molecule has 3 N–H and O–H groups in total. The summed E-state index contributed by atoms with van der Waals surface area (Å²) in [6.45, 7) is 6.61. The molecule has 0 aromatic carbocycles. The van der Waals surface area contributed by atoms with Crippen LogP contribution in [0.5, 0.6) is 0 Å². The van der Waals surface area contributed by atoms with Crippen molar-refractivity contribution in [3.8, 4) is 0 Å². The van der Waals surface area contributed by atoms with E-state index in [-0.39, 0.29) is 6.10 Å². The highest BCUT2D eigenvalue weighted by Crippen LogP contribution is 1.91. The van der Waals surface area contributed by atoms with Crippen LogP contribution in [0.15, 0.2) is 0 Å². The molecule has 0 fully saturated rings. The van der Waals surface area contributed by atoms with Gasteiger partial charge in [-0.3, -0.25) is 0 Å². The monoisotopic (exact) mass is 133 g/mol. The van der Waals surface area contributed by atoms with E-state index in [1.807, 2.05) is 20.8 Å². The molecule has 0 aromatic rings. The zero-order valence-electron chi connectivity index (χ0n) is 6.72. The van der Waals surface area contributed by atoms with E-state index in [9.17, 15) is 0 Å². The van der Waals surface area contributed by atoms with Crippen LogP contribution in [0.4, 0.5) is 0 Å². The molecule has 0 heterocycles. The van der Waals surface area contributed by atoms with Gasteiger partial charge < -0.3 is 10.8 Å². The number of hydrogen-bond acceptors (Lipinski definition) is 2. The van der Waals surface area contributed by atoms with Crippen LogP contribution < -0.4 is 5.73 Å². The Bertz CT molecular complexity index is 35.9. The van der Waals surface area contributed by atoms with Gasteiger partial charge in [-0.15, -0.1) is 0 Å². The second kappa shape index (κ2) is 10.8. The predicted molar refractivity (Wildman–Crippen MR) is 41.3 cm³/mol. The van der Waals surface area contributed by atoms with Crippen LogP contribution in [0.1, 0.15) is 33.6 Å². The smallest absolute Gasteiger partial charge is 0.0535 e. The first-order chi connectivity index (χ1) is 4.22. The number of hydrogen-bond donors (Lipinski definition) is 2. The summed E-state index contributed by atoms with van der Waals surface area (Å²) in [7, 11) is 0. The molecule has 0 aliphatic carbocycles. The Morgan fingerprint density at radius 3 is 1.44 bits per heavy atom. The summed E-state index contributed by atoms with van der Waals surface area (Å²) < 4.78 is 0. The van der Waals surface area contributed by atoms with E-state index in [1.54, 1.807) is 0 Å². The molecule has 0 radical (unpaired) electrons. The quantitative estimate of drug-likeness (QED) is 0.593. The Morgan fingerprint density at radius 1 is 1.22 bits per heavy atom. The maximum atomic E-state index is 8.67. The van der Waals surface area contributed by atoms with Gasteiger partial charge in [0.05, 0.1) is 6.10 Å². The van der Waals surface area contributed by atoms with E-state index in [0.717, 1.165) is 19.4 Å². The lowest BCUT2D eigenvalue weighted by molar-refractivity contribution is 0.166. The van der Waals surface area contributed by atoms with Gasteiger partial charge in [-0.25, -0.2) is 0 Å². The molecule has 0 atom stereocenters. The van der Waals surface area contributed by atoms with Crippen molar-refractivity contribution >= 4 is 0 Å². The van der Waals surface area contributed by atoms with E-state index in [1.165, 1.54) is 0 Å². The Balaban J connectivity index is 0. The zero-order valence-corrected chi connectivity index (χ0v) is 6.72. The summed E-state index contributed by atoms with van der Waals surface area (Å²) in [4.78, 5) is 0. The largest absolute Gasteiger partial charge is 0.393 e. The van der Waals surface area contributed by atoms with Gasteiger partial charge in [0, 0.05) is 0 Å². The van der Waals surface area contributed by atoms with Gasteiger partial charge in [0.1, 0.15) is 0 Å². The standard InChI is InChI=1S/C5H12O.C2H7N/c1-3-5(6)4-2;1-2-3/h5-6H,3-4H2,1-2H3;2-3H2,1H3. The molecule has 0 unspecified atom stereocenters. The van der Waals surface area contributed by atoms with Crippen LogP contribution in [0.3, 0.4) is 0 Å². The minimum absolute atomic E-state index is 0.0648. The maximum Gasteiger partial charge on any atom is 0.0535 e. The lowest BCUT2D eigenvalue weighted by Gasteiger charge is -1.98. The molecule has 58 valence electrons. The van der Waals surface area contributed by atoms with Crippen molar-refractivity contribution in [2.75, 3.05) is 6.54 Å². The molecule has 0 bridgehead atoms. The Morgan fingerprint density at radius 2 is 1.44 bits per heavy atom. The van der Waals surface area contributed by atoms with Gasteiger partial charge in [0.2, 0.25) is 0 Å². The van der Waals surface area contributed by atoms with Crippen molar-refractivity contribution in [2.45, 2.75) is 39.7 Å². The van der Waals surface area contributed by atoms with Crippen LogP contribution in [-0.4, -0.2) is 17.8 Å². The van der Waals surface area contributed by atoms with Gasteiger partial charge in [0.15, 0.2) is 0 Å². The lowest BCUT2D eigenvalue weighted by atomic mass is 10.2. The first-order valence-corrected chi connectivity index (χ1v) is 3.60. The Hall–Kier alpha value is -0.0800. The van der Waals surface area contributed by atoms with Crippen molar-refractivity contribution in [3.63, 3.8) is 0 Å². The van der Waals surface area contributed by atoms with E-state index >= 15 is 0 Å². The molecule has 9 heavy (non-hydrogen) atoms. The van der Waals surface area contributed by atoms with Gasteiger partial charge in [-0.1, -0.05) is 20.8 Å². The third-order valence-corrected chi connectivity index (χ3v) is 0.942. The summed E-state index contributed by atoms with van der Waals surface area (Å²) in [5.41, 5.74) is 4.85. The molecule has 0 saturated heterocycles. The zero-order chi connectivity index (χ0) is 7.70. The highest BCUT2D eigenvalue weighted by Gasteiger charge is 1.90. The summed E-state index contributed by atoms with van der Waals surface area (Å²) in [5, 5.41) is 8.67. The van der Waals surface area contributed by atoms with Crippen molar-refractivity contribution < 1.29 is 5.11 Å². The van der Waals surface area contributed by atoms with Crippen LogP contribution in [0, 0.1) is 0 Å². The van der Waals surface area contributed by atoms with Gasteiger partial charge >= 0.3 is 0 Å². The third kappa shape index (κ3) is 18.1. The first-order valence-electron chi connectivity index (χ1n) is 3.60. The second-order valence-corrected chi connectivity index (χ2v) is 1.88. The summed E-state index contributed by atoms with van der Waals surface area (Å²) >= 11 is 0. The minimum atomic E-state index is -0.0648. The molecule has 2 heteroatoms. The lowest BCUT2D eigenvalue weighted by Crippen LogP contribution is -1.99. The molecular weight excluding hydrogens is 114 g/mol. The average Bonchev–Trinajstić information content (AvgIpc) is 1.88. The average molecular weight is 133 g/mol. The fourth-order valence-electron chi connectivity index (χ4n) is 0.289. The molecule has 0 aliphatic rings. The summed E-state index contributed by atoms with van der Waals surface area (Å²) in [6.07, 6.45) is 1.71. The van der Waals surface area contributed by atoms with Crippen LogP contribution >= 0.6 is 0 Å². The van der Waals surface area contributed by atoms with E-state index in [2.05, 4.69) is 0 Å². The molecule has 0 aromatic heterocycles. The van der Waals surface area contributed by atoms with Crippen molar-refractivity contribution in [1.82, 2.24) is 0 Å². The number of rotatable bonds is 2. The van der Waals surface area contributed by atoms with Gasteiger partial charge in [0.25, 0.3) is 0 Å². The van der Waals surface area contributed by atoms with Crippen molar-refractivity contribution in [3.05, 3.63) is 0 Å². The topological polar surface area (TPSA) is 46.2 Å². The highest BCUT2D eigenvalue weighted by molar-refractivity contribution is 4.43. The highest BCUT2D eigenvalue weighted by atomic mass is 16.3. The van der Waals surface area contributed by atoms with Gasteiger partial charge in [-0.05, 0) is 19.4 Å². The SMILES string of the molecule is CCC(O)CC.CCN. The fourth-order valence-corrected chi connectivity index (χ4v) is 0.289. The molecular formula is C7H19NO. The summed E-state index contributed by atoms with van der Waals surface area (Å²) in [5.74, 6) is 0. The van der Waals surface area contributed by atoms with Crippen LogP contribution in [0.2, 0.25) is 0 Å². The maximum absolute atomic E-state index is 8.67. The molecule has 0 saturated carbocycles. The fraction of sp³-hybridized carbons (Fsp3) is 1.00. The number of aliphatic hydroxyl groups excluding tert-OH is 1. The third-order valence-electron chi connectivity index (χ3n) is 0.942. The second-order valence-electron chi connectivity index (χ2n) is 1.88. The van der Waals surface area contributed by atoms with Crippen LogP contribution in [-0.2, 0) is 0 Å². The van der Waals surface area contributed by atoms with Gasteiger partial charge in [-0.2, -0.15) is 0 Å². The van der Waals surface area contributed by atoms with Crippen molar-refractivity contribution in [2.24, 2.45) is 5.73 Å². The first kappa shape index (κ1) is 11.7. The van der Waals surface area contributed by atoms with Crippen LogP contribution in [0.25, 0.3) is 0 Å². The Kier molecular flexibility index (Phi) is 14.0. The van der Waals surface area contributed by atoms with Crippen molar-refractivity contribution in [1.29, 1.82) is 0 Å². The normalized spacial score (nSPS) is 8.67. The van der Waals surface area contributed by atoms with E-state index < -0.39 is 0 Å². The molecule has 0 aliphatic heterocycles. The predicted octanol–water partition coefficient (Wildman–Crippen LogP) is 1.13. The molecule has 0 amide bonds.